The molecule has 0 saturated carbocycles. The number of para-hydroxylation sites is 2. The van der Waals surface area contributed by atoms with Gasteiger partial charge in [0.15, 0.2) is 11.5 Å². The van der Waals surface area contributed by atoms with Gasteiger partial charge >= 0.3 is 0 Å². The van der Waals surface area contributed by atoms with Crippen molar-refractivity contribution in [3.05, 3.63) is 93.9 Å². The van der Waals surface area contributed by atoms with Gasteiger partial charge in [0.1, 0.15) is 19.0 Å². The first-order valence-corrected chi connectivity index (χ1v) is 11.7. The number of halogens is 1. The number of hydrogen-bond acceptors (Lipinski definition) is 6. The third-order valence-electron chi connectivity index (χ3n) is 5.01. The van der Waals surface area contributed by atoms with Crippen molar-refractivity contribution in [1.82, 2.24) is 4.90 Å². The molecule has 1 aliphatic heterocycles. The minimum absolute atomic E-state index is 0.132. The van der Waals surface area contributed by atoms with E-state index in [1.165, 1.54) is 4.90 Å². The van der Waals surface area contributed by atoms with Gasteiger partial charge in [-0.15, -0.1) is 0 Å². The Labute approximate surface area is 207 Å². The number of thioether (sulfide) groups is 1. The Kier molecular flexibility index (Phi) is 7.77. The number of carbonyl (C=O) groups is 2. The summed E-state index contributed by atoms with van der Waals surface area (Å²) in [6.45, 7) is 0.688. The van der Waals surface area contributed by atoms with Crippen LogP contribution in [0.2, 0.25) is 5.02 Å². The van der Waals surface area contributed by atoms with E-state index >= 15 is 0 Å². The Morgan fingerprint density at radius 2 is 1.65 bits per heavy atom. The van der Waals surface area contributed by atoms with Crippen LogP contribution in [0.4, 0.5) is 4.79 Å². The summed E-state index contributed by atoms with van der Waals surface area (Å²) in [6.07, 6.45) is 1.65. The zero-order chi connectivity index (χ0) is 23.9. The van der Waals surface area contributed by atoms with Crippen LogP contribution in [0.5, 0.6) is 17.2 Å². The van der Waals surface area contributed by atoms with E-state index < -0.39 is 0 Å². The maximum atomic E-state index is 12.8. The molecular weight excluding hydrogens is 474 g/mol. The van der Waals surface area contributed by atoms with Crippen LogP contribution >= 0.6 is 23.4 Å². The predicted octanol–water partition coefficient (Wildman–Crippen LogP) is 6.04. The molecule has 174 valence electrons. The minimum atomic E-state index is -0.362. The van der Waals surface area contributed by atoms with Crippen LogP contribution < -0.4 is 14.2 Å². The SMILES string of the molecule is COc1ccccc1OCCN1C(=O)S/C(=C\c2ccc(OCc3ccccc3)c(Cl)c2)C1=O. The van der Waals surface area contributed by atoms with Crippen LogP contribution in [0.3, 0.4) is 0 Å². The first-order valence-electron chi connectivity index (χ1n) is 10.5. The van der Waals surface area contributed by atoms with E-state index in [0.29, 0.717) is 39.3 Å². The summed E-state index contributed by atoms with van der Waals surface area (Å²) in [6, 6.07) is 22.2. The zero-order valence-corrected chi connectivity index (χ0v) is 20.0. The highest BCUT2D eigenvalue weighted by atomic mass is 35.5. The highest BCUT2D eigenvalue weighted by molar-refractivity contribution is 8.18. The van der Waals surface area contributed by atoms with Crippen molar-refractivity contribution in [1.29, 1.82) is 0 Å². The number of amides is 2. The van der Waals surface area contributed by atoms with Gasteiger partial charge in [0.05, 0.1) is 23.6 Å². The molecule has 6 nitrogen and oxygen atoms in total. The molecule has 1 heterocycles. The van der Waals surface area contributed by atoms with Crippen LogP contribution in [0.25, 0.3) is 6.08 Å². The number of rotatable bonds is 9. The third kappa shape index (κ3) is 5.73. The quantitative estimate of drug-likeness (QED) is 0.337. The fraction of sp³-hybridized carbons (Fsp3) is 0.154. The Balaban J connectivity index is 1.37. The smallest absolute Gasteiger partial charge is 0.293 e. The lowest BCUT2D eigenvalue weighted by Crippen LogP contribution is -2.32. The molecule has 0 atom stereocenters. The van der Waals surface area contributed by atoms with E-state index in [4.69, 9.17) is 25.8 Å². The molecule has 4 rings (SSSR count). The van der Waals surface area contributed by atoms with Gasteiger partial charge in [0.2, 0.25) is 0 Å². The van der Waals surface area contributed by atoms with Gasteiger partial charge in [0, 0.05) is 0 Å². The lowest BCUT2D eigenvalue weighted by atomic mass is 10.2. The van der Waals surface area contributed by atoms with E-state index in [2.05, 4.69) is 0 Å². The number of benzene rings is 3. The molecule has 1 fully saturated rings. The average Bonchev–Trinajstić information content (AvgIpc) is 3.11. The molecular formula is C26H22ClNO5S. The van der Waals surface area contributed by atoms with Crippen molar-refractivity contribution in [2.45, 2.75) is 6.61 Å². The molecule has 0 radical (unpaired) electrons. The van der Waals surface area contributed by atoms with Gasteiger partial charge in [-0.2, -0.15) is 0 Å². The molecule has 0 unspecified atom stereocenters. The van der Waals surface area contributed by atoms with Crippen molar-refractivity contribution in [3.63, 3.8) is 0 Å². The maximum absolute atomic E-state index is 12.8. The summed E-state index contributed by atoms with van der Waals surface area (Å²) in [4.78, 5) is 26.7. The molecule has 0 spiro atoms. The monoisotopic (exact) mass is 495 g/mol. The van der Waals surface area contributed by atoms with Gasteiger partial charge in [-0.25, -0.2) is 0 Å². The standard InChI is InChI=1S/C26H22ClNO5S/c1-31-22-9-5-6-10-23(22)32-14-13-28-25(29)24(34-26(28)30)16-19-11-12-21(20(27)15-19)33-17-18-7-3-2-4-8-18/h2-12,15-16H,13-14,17H2,1H3/b24-16-. The normalized spacial score (nSPS) is 14.5. The van der Waals surface area contributed by atoms with Crippen molar-refractivity contribution in [2.75, 3.05) is 20.3 Å². The molecule has 1 aliphatic rings. The zero-order valence-electron chi connectivity index (χ0n) is 18.4. The molecule has 2 amide bonds. The summed E-state index contributed by atoms with van der Waals surface area (Å²) in [5, 5.41) is 0.0860. The predicted molar refractivity (Wildman–Crippen MR) is 133 cm³/mol. The highest BCUT2D eigenvalue weighted by Crippen LogP contribution is 2.34. The largest absolute Gasteiger partial charge is 0.493 e. The molecule has 1 saturated heterocycles. The number of imide groups is 1. The molecule has 0 bridgehead atoms. The summed E-state index contributed by atoms with van der Waals surface area (Å²) in [7, 11) is 1.55. The lowest BCUT2D eigenvalue weighted by Gasteiger charge is -2.14. The van der Waals surface area contributed by atoms with Crippen LogP contribution in [0.1, 0.15) is 11.1 Å². The van der Waals surface area contributed by atoms with E-state index in [9.17, 15) is 9.59 Å². The van der Waals surface area contributed by atoms with Crippen molar-refractivity contribution in [2.24, 2.45) is 0 Å². The van der Waals surface area contributed by atoms with Crippen molar-refractivity contribution in [3.8, 4) is 17.2 Å². The topological polar surface area (TPSA) is 65.1 Å². The number of nitrogens with zero attached hydrogens (tertiary/aromatic N) is 1. The van der Waals surface area contributed by atoms with Gasteiger partial charge < -0.3 is 14.2 Å². The first-order chi connectivity index (χ1) is 16.5. The Morgan fingerprint density at radius 3 is 2.38 bits per heavy atom. The summed E-state index contributed by atoms with van der Waals surface area (Å²) in [5.74, 6) is 1.32. The van der Waals surface area contributed by atoms with E-state index in [1.54, 1.807) is 43.5 Å². The van der Waals surface area contributed by atoms with Gasteiger partial charge in [-0.3, -0.25) is 14.5 Å². The number of methoxy groups -OCH3 is 1. The van der Waals surface area contributed by atoms with Gasteiger partial charge in [-0.1, -0.05) is 60.1 Å². The Hall–Kier alpha value is -3.42. The van der Waals surface area contributed by atoms with Crippen LogP contribution in [-0.4, -0.2) is 36.3 Å². The maximum Gasteiger partial charge on any atom is 0.293 e. The third-order valence-corrected chi connectivity index (χ3v) is 6.21. The summed E-state index contributed by atoms with van der Waals surface area (Å²) >= 11 is 7.27. The second-order valence-electron chi connectivity index (χ2n) is 7.30. The first kappa shape index (κ1) is 23.7. The molecule has 3 aromatic rings. The average molecular weight is 496 g/mol. The summed E-state index contributed by atoms with van der Waals surface area (Å²) < 4.78 is 16.7. The second kappa shape index (κ2) is 11.1. The van der Waals surface area contributed by atoms with E-state index in [-0.39, 0.29) is 24.3 Å². The highest BCUT2D eigenvalue weighted by Gasteiger charge is 2.34. The Bertz CT molecular complexity index is 1210. The van der Waals surface area contributed by atoms with E-state index in [0.717, 1.165) is 17.3 Å². The second-order valence-corrected chi connectivity index (χ2v) is 8.70. The molecule has 0 N–H and O–H groups in total. The van der Waals surface area contributed by atoms with Crippen LogP contribution in [-0.2, 0) is 11.4 Å². The molecule has 0 aromatic heterocycles. The van der Waals surface area contributed by atoms with Gasteiger partial charge in [-0.05, 0) is 53.2 Å². The fourth-order valence-corrected chi connectivity index (χ4v) is 4.40. The number of ether oxygens (including phenoxy) is 3. The van der Waals surface area contributed by atoms with Crippen LogP contribution in [0.15, 0.2) is 77.7 Å². The number of hydrogen-bond donors (Lipinski definition) is 0. The van der Waals surface area contributed by atoms with Crippen molar-refractivity contribution >= 4 is 40.6 Å². The lowest BCUT2D eigenvalue weighted by molar-refractivity contribution is -0.123. The van der Waals surface area contributed by atoms with Crippen molar-refractivity contribution < 1.29 is 23.8 Å². The van der Waals surface area contributed by atoms with Crippen LogP contribution in [0, 0.1) is 0 Å². The number of carbonyl (C=O) groups excluding carboxylic acids is 2. The Morgan fingerprint density at radius 1 is 0.912 bits per heavy atom. The fourth-order valence-electron chi connectivity index (χ4n) is 3.29. The summed E-state index contributed by atoms with van der Waals surface area (Å²) in [5.41, 5.74) is 1.74. The minimum Gasteiger partial charge on any atom is -0.493 e. The molecule has 3 aromatic carbocycles. The molecule has 0 aliphatic carbocycles. The van der Waals surface area contributed by atoms with E-state index in [1.807, 2.05) is 42.5 Å². The van der Waals surface area contributed by atoms with Gasteiger partial charge in [0.25, 0.3) is 11.1 Å². The molecule has 8 heteroatoms. The molecule has 34 heavy (non-hydrogen) atoms.